The summed E-state index contributed by atoms with van der Waals surface area (Å²) >= 11 is 5.92. The highest BCUT2D eigenvalue weighted by molar-refractivity contribution is 6.31. The Morgan fingerprint density at radius 1 is 1.38 bits per heavy atom. The summed E-state index contributed by atoms with van der Waals surface area (Å²) in [5.41, 5.74) is 6.30. The highest BCUT2D eigenvalue weighted by atomic mass is 35.5. The third-order valence-corrected chi connectivity index (χ3v) is 2.47. The number of fused-ring (bicyclic) bond motifs is 1. The number of methoxy groups -OCH3 is 1. The van der Waals surface area contributed by atoms with Gasteiger partial charge in [-0.15, -0.1) is 0 Å². The van der Waals surface area contributed by atoms with E-state index in [9.17, 15) is 0 Å². The van der Waals surface area contributed by atoms with E-state index in [4.69, 9.17) is 22.1 Å². The Kier molecular flexibility index (Phi) is 3.22. The number of nitrogens with zero attached hydrogens (tertiary/aromatic N) is 2. The molecule has 0 aliphatic carbocycles. The fourth-order valence-corrected chi connectivity index (χ4v) is 1.69. The summed E-state index contributed by atoms with van der Waals surface area (Å²) in [7, 11) is 1.58. The lowest BCUT2D eigenvalue weighted by molar-refractivity contribution is 0.400. The van der Waals surface area contributed by atoms with Crippen LogP contribution in [0.4, 0.5) is 0 Å². The monoisotopic (exact) mass is 237 g/mol. The van der Waals surface area contributed by atoms with E-state index in [1.54, 1.807) is 19.2 Å². The Balaban J connectivity index is 2.63. The Morgan fingerprint density at radius 2 is 2.19 bits per heavy atom. The van der Waals surface area contributed by atoms with E-state index in [0.29, 0.717) is 29.7 Å². The lowest BCUT2D eigenvalue weighted by Crippen LogP contribution is -2.07. The smallest absolute Gasteiger partial charge is 0.224 e. The highest BCUT2D eigenvalue weighted by Gasteiger charge is 2.08. The van der Waals surface area contributed by atoms with Gasteiger partial charge in [0.2, 0.25) is 5.88 Å². The Hall–Kier alpha value is -1.39. The minimum atomic E-state index is 0.516. The van der Waals surface area contributed by atoms with Gasteiger partial charge in [-0.05, 0) is 24.7 Å². The van der Waals surface area contributed by atoms with Crippen molar-refractivity contribution in [3.63, 3.8) is 0 Å². The van der Waals surface area contributed by atoms with Gasteiger partial charge in [0.1, 0.15) is 5.82 Å². The molecule has 0 radical (unpaired) electrons. The van der Waals surface area contributed by atoms with Gasteiger partial charge < -0.3 is 10.5 Å². The predicted octanol–water partition coefficient (Wildman–Crippen LogP) is 1.79. The maximum absolute atomic E-state index is 5.92. The summed E-state index contributed by atoms with van der Waals surface area (Å²) in [6.07, 6.45) is 0.634. The van der Waals surface area contributed by atoms with Crippen LogP contribution in [0, 0.1) is 0 Å². The van der Waals surface area contributed by atoms with Crippen LogP contribution >= 0.6 is 11.6 Å². The van der Waals surface area contributed by atoms with Crippen molar-refractivity contribution in [1.29, 1.82) is 0 Å². The minimum absolute atomic E-state index is 0.516. The maximum Gasteiger partial charge on any atom is 0.224 e. The van der Waals surface area contributed by atoms with Crippen LogP contribution in [0.5, 0.6) is 5.88 Å². The normalized spacial score (nSPS) is 10.7. The first-order valence-electron chi connectivity index (χ1n) is 4.95. The van der Waals surface area contributed by atoms with Gasteiger partial charge in [0.25, 0.3) is 0 Å². The van der Waals surface area contributed by atoms with E-state index in [1.807, 2.05) is 6.07 Å². The third-order valence-electron chi connectivity index (χ3n) is 2.23. The van der Waals surface area contributed by atoms with Gasteiger partial charge in [0.05, 0.1) is 18.0 Å². The molecule has 84 valence electrons. The molecule has 2 rings (SSSR count). The van der Waals surface area contributed by atoms with Crippen LogP contribution in [0.3, 0.4) is 0 Å². The van der Waals surface area contributed by atoms with E-state index < -0.39 is 0 Å². The molecule has 4 nitrogen and oxygen atoms in total. The minimum Gasteiger partial charge on any atom is -0.480 e. The second kappa shape index (κ2) is 4.63. The van der Waals surface area contributed by atoms with Gasteiger partial charge in [0, 0.05) is 11.4 Å². The van der Waals surface area contributed by atoms with E-state index >= 15 is 0 Å². The summed E-state index contributed by atoms with van der Waals surface area (Å²) in [6, 6.07) is 5.44. The Morgan fingerprint density at radius 3 is 2.88 bits per heavy atom. The molecule has 0 saturated heterocycles. The molecular weight excluding hydrogens is 226 g/mol. The zero-order valence-electron chi connectivity index (χ0n) is 8.90. The molecule has 1 aromatic carbocycles. The molecule has 2 aromatic rings. The lowest BCUT2D eigenvalue weighted by atomic mass is 10.2. The van der Waals surface area contributed by atoms with Crippen LogP contribution in [-0.2, 0) is 6.42 Å². The van der Waals surface area contributed by atoms with Gasteiger partial charge >= 0.3 is 0 Å². The number of hydrogen-bond acceptors (Lipinski definition) is 4. The van der Waals surface area contributed by atoms with Crippen molar-refractivity contribution < 1.29 is 4.74 Å². The molecule has 0 atom stereocenters. The van der Waals surface area contributed by atoms with Crippen LogP contribution in [0.1, 0.15) is 5.82 Å². The number of rotatable bonds is 3. The van der Waals surface area contributed by atoms with Gasteiger partial charge in [-0.1, -0.05) is 11.6 Å². The Bertz CT molecular complexity index is 516. The van der Waals surface area contributed by atoms with Crippen LogP contribution < -0.4 is 10.5 Å². The summed E-state index contributed by atoms with van der Waals surface area (Å²) in [4.78, 5) is 8.66. The van der Waals surface area contributed by atoms with Crippen molar-refractivity contribution in [3.05, 3.63) is 29.0 Å². The third kappa shape index (κ3) is 2.08. The first-order chi connectivity index (χ1) is 7.74. The zero-order valence-corrected chi connectivity index (χ0v) is 9.66. The number of hydrogen-bond donors (Lipinski definition) is 1. The topological polar surface area (TPSA) is 61.0 Å². The molecular formula is C11H12ClN3O. The van der Waals surface area contributed by atoms with Crippen molar-refractivity contribution in [2.24, 2.45) is 5.73 Å². The molecule has 0 bridgehead atoms. The van der Waals surface area contributed by atoms with Crippen molar-refractivity contribution in [2.75, 3.05) is 13.7 Å². The van der Waals surface area contributed by atoms with Gasteiger partial charge in [-0.2, -0.15) is 4.98 Å². The average Bonchev–Trinajstić information content (AvgIpc) is 2.29. The van der Waals surface area contributed by atoms with Gasteiger partial charge in [0.15, 0.2) is 0 Å². The fraction of sp³-hybridized carbons (Fsp3) is 0.273. The molecule has 2 N–H and O–H groups in total. The second-order valence-electron chi connectivity index (χ2n) is 3.35. The summed E-state index contributed by atoms with van der Waals surface area (Å²) < 4.78 is 5.22. The van der Waals surface area contributed by atoms with Crippen LogP contribution in [-0.4, -0.2) is 23.6 Å². The zero-order chi connectivity index (χ0) is 11.5. The van der Waals surface area contributed by atoms with E-state index in [-0.39, 0.29) is 0 Å². The summed E-state index contributed by atoms with van der Waals surface area (Å²) in [5.74, 6) is 1.23. The number of ether oxygens (including phenoxy) is 1. The SMILES string of the molecule is COc1nc(CCN)nc2ccc(Cl)cc12. The molecule has 0 spiro atoms. The van der Waals surface area contributed by atoms with Crippen molar-refractivity contribution in [1.82, 2.24) is 9.97 Å². The summed E-state index contributed by atoms with van der Waals surface area (Å²) in [5, 5.41) is 1.46. The number of aromatic nitrogens is 2. The van der Waals surface area contributed by atoms with E-state index in [0.717, 1.165) is 10.9 Å². The lowest BCUT2D eigenvalue weighted by Gasteiger charge is -2.06. The fourth-order valence-electron chi connectivity index (χ4n) is 1.52. The first-order valence-corrected chi connectivity index (χ1v) is 5.32. The molecule has 0 aliphatic heterocycles. The number of nitrogens with two attached hydrogens (primary N) is 1. The van der Waals surface area contributed by atoms with Crippen LogP contribution in [0.25, 0.3) is 10.9 Å². The standard InChI is InChI=1S/C11H12ClN3O/c1-16-11-8-6-7(12)2-3-9(8)14-10(15-11)4-5-13/h2-3,6H,4-5,13H2,1H3. The quantitative estimate of drug-likeness (QED) is 0.884. The van der Waals surface area contributed by atoms with Crippen LogP contribution in [0.15, 0.2) is 18.2 Å². The number of benzene rings is 1. The molecule has 0 amide bonds. The molecule has 0 fully saturated rings. The van der Waals surface area contributed by atoms with Crippen molar-refractivity contribution in [2.45, 2.75) is 6.42 Å². The second-order valence-corrected chi connectivity index (χ2v) is 3.79. The molecule has 5 heteroatoms. The number of halogens is 1. The maximum atomic E-state index is 5.92. The van der Waals surface area contributed by atoms with Crippen molar-refractivity contribution in [3.8, 4) is 5.88 Å². The van der Waals surface area contributed by atoms with E-state index in [2.05, 4.69) is 9.97 Å². The van der Waals surface area contributed by atoms with Crippen LogP contribution in [0.2, 0.25) is 5.02 Å². The predicted molar refractivity (Wildman–Crippen MR) is 63.9 cm³/mol. The molecule has 0 unspecified atom stereocenters. The van der Waals surface area contributed by atoms with Gasteiger partial charge in [-0.25, -0.2) is 4.98 Å². The molecule has 0 saturated carbocycles. The Labute approximate surface area is 98.4 Å². The molecule has 1 heterocycles. The van der Waals surface area contributed by atoms with E-state index in [1.165, 1.54) is 0 Å². The van der Waals surface area contributed by atoms with Gasteiger partial charge in [-0.3, -0.25) is 0 Å². The average molecular weight is 238 g/mol. The molecule has 0 aliphatic rings. The molecule has 1 aromatic heterocycles. The summed E-state index contributed by atoms with van der Waals surface area (Å²) in [6.45, 7) is 0.516. The van der Waals surface area contributed by atoms with Crippen molar-refractivity contribution >= 4 is 22.5 Å². The first kappa shape index (κ1) is 11.1. The highest BCUT2D eigenvalue weighted by Crippen LogP contribution is 2.25. The molecule has 16 heavy (non-hydrogen) atoms. The largest absolute Gasteiger partial charge is 0.480 e.